The first-order chi connectivity index (χ1) is 11.9. The molecule has 0 aliphatic carbocycles. The maximum absolute atomic E-state index is 12.8. The summed E-state index contributed by atoms with van der Waals surface area (Å²) in [6.45, 7) is 3.36. The fourth-order valence-electron chi connectivity index (χ4n) is 2.83. The van der Waals surface area contributed by atoms with Crippen LogP contribution in [0, 0.1) is 5.92 Å². The van der Waals surface area contributed by atoms with E-state index in [9.17, 15) is 9.59 Å². The number of hydrogen-bond donors (Lipinski definition) is 1. The van der Waals surface area contributed by atoms with Crippen molar-refractivity contribution in [2.45, 2.75) is 13.3 Å². The van der Waals surface area contributed by atoms with Crippen molar-refractivity contribution in [1.82, 2.24) is 9.80 Å². The molecule has 138 valence electrons. The number of hydrogen-bond acceptors (Lipinski definition) is 5. The number of nitrogens with zero attached hydrogens (tertiary/aromatic N) is 2. The molecule has 2 rings (SSSR count). The second kappa shape index (κ2) is 8.71. The number of ether oxygens (including phenoxy) is 2. The number of fused-ring (bicyclic) bond motifs is 1. The first-order valence-corrected chi connectivity index (χ1v) is 8.45. The van der Waals surface area contributed by atoms with Crippen LogP contribution in [0.5, 0.6) is 11.5 Å². The van der Waals surface area contributed by atoms with E-state index in [2.05, 4.69) is 0 Å². The van der Waals surface area contributed by atoms with E-state index in [0.29, 0.717) is 37.6 Å². The molecule has 0 fully saturated rings. The van der Waals surface area contributed by atoms with E-state index in [1.807, 2.05) is 44.1 Å². The Kier molecular flexibility index (Phi) is 6.64. The van der Waals surface area contributed by atoms with Gasteiger partial charge in [-0.3, -0.25) is 9.59 Å². The first kappa shape index (κ1) is 19.1. The minimum Gasteiger partial charge on any atom is -0.490 e. The lowest BCUT2D eigenvalue weighted by molar-refractivity contribution is -0.147. The molecule has 1 heterocycles. The molecular weight excluding hydrogens is 324 g/mol. The molecule has 1 aliphatic heterocycles. The van der Waals surface area contributed by atoms with Crippen LogP contribution in [0.4, 0.5) is 0 Å². The lowest BCUT2D eigenvalue weighted by Gasteiger charge is -2.30. The third-order valence-electron chi connectivity index (χ3n) is 4.06. The maximum Gasteiger partial charge on any atom is 0.323 e. The molecule has 1 aromatic carbocycles. The van der Waals surface area contributed by atoms with E-state index < -0.39 is 5.97 Å². The Morgan fingerprint density at radius 1 is 1.32 bits per heavy atom. The fourth-order valence-corrected chi connectivity index (χ4v) is 2.83. The molecule has 1 aromatic rings. The van der Waals surface area contributed by atoms with Gasteiger partial charge in [0.2, 0.25) is 5.91 Å². The van der Waals surface area contributed by atoms with Crippen LogP contribution < -0.4 is 9.47 Å². The van der Waals surface area contributed by atoms with Crippen molar-refractivity contribution in [2.24, 2.45) is 5.92 Å². The van der Waals surface area contributed by atoms with E-state index in [0.717, 1.165) is 5.56 Å². The summed E-state index contributed by atoms with van der Waals surface area (Å²) in [5.41, 5.74) is 0.915. The number of aliphatic carboxylic acids is 1. The second-order valence-electron chi connectivity index (χ2n) is 6.35. The van der Waals surface area contributed by atoms with Crippen LogP contribution in [-0.2, 0) is 16.0 Å². The molecule has 1 amide bonds. The van der Waals surface area contributed by atoms with Crippen LogP contribution >= 0.6 is 0 Å². The molecule has 1 aliphatic rings. The molecule has 1 N–H and O–H groups in total. The first-order valence-electron chi connectivity index (χ1n) is 8.45. The molecule has 0 aromatic heterocycles. The van der Waals surface area contributed by atoms with E-state index in [1.165, 1.54) is 4.90 Å². The zero-order valence-electron chi connectivity index (χ0n) is 15.0. The van der Waals surface area contributed by atoms with Gasteiger partial charge in [-0.2, -0.15) is 0 Å². The molecular formula is C18H26N2O5. The second-order valence-corrected chi connectivity index (χ2v) is 6.35. The molecule has 0 saturated heterocycles. The predicted molar refractivity (Wildman–Crippen MR) is 93.1 cm³/mol. The van der Waals surface area contributed by atoms with Gasteiger partial charge in [-0.15, -0.1) is 0 Å². The molecule has 1 atom stereocenters. The van der Waals surface area contributed by atoms with E-state index in [-0.39, 0.29) is 25.0 Å². The molecule has 0 radical (unpaired) electrons. The number of benzene rings is 1. The summed E-state index contributed by atoms with van der Waals surface area (Å²) in [6, 6.07) is 5.64. The highest BCUT2D eigenvalue weighted by molar-refractivity contribution is 5.83. The van der Waals surface area contributed by atoms with Crippen LogP contribution in [0.15, 0.2) is 18.2 Å². The molecule has 0 bridgehead atoms. The van der Waals surface area contributed by atoms with Gasteiger partial charge in [0.05, 0.1) is 12.5 Å². The largest absolute Gasteiger partial charge is 0.490 e. The van der Waals surface area contributed by atoms with E-state index in [4.69, 9.17) is 14.6 Å². The highest BCUT2D eigenvalue weighted by atomic mass is 16.5. The smallest absolute Gasteiger partial charge is 0.323 e. The molecule has 7 heteroatoms. The van der Waals surface area contributed by atoms with Crippen molar-refractivity contribution in [3.63, 3.8) is 0 Å². The number of amides is 1. The topological polar surface area (TPSA) is 79.3 Å². The van der Waals surface area contributed by atoms with Gasteiger partial charge in [0, 0.05) is 13.1 Å². The Balaban J connectivity index is 2.11. The van der Waals surface area contributed by atoms with Gasteiger partial charge in [0.1, 0.15) is 13.2 Å². The SMILES string of the molecule is CCOc1cccc2c1OC[C@H](C(=O)N(CCN(C)C)CC(=O)O)C2. The number of para-hydroxylation sites is 1. The number of carboxylic acid groups (broad SMARTS) is 1. The summed E-state index contributed by atoms with van der Waals surface area (Å²) < 4.78 is 11.4. The number of likely N-dealkylation sites (N-methyl/N-ethyl adjacent to an activating group) is 1. The third kappa shape index (κ3) is 5.09. The van der Waals surface area contributed by atoms with Gasteiger partial charge in [-0.05, 0) is 39.1 Å². The van der Waals surface area contributed by atoms with E-state index >= 15 is 0 Å². The molecule has 7 nitrogen and oxygen atoms in total. The molecule has 25 heavy (non-hydrogen) atoms. The normalized spacial score (nSPS) is 16.1. The quantitative estimate of drug-likeness (QED) is 0.757. The summed E-state index contributed by atoms with van der Waals surface area (Å²) in [6.07, 6.45) is 0.521. The van der Waals surface area contributed by atoms with Gasteiger partial charge in [0.15, 0.2) is 11.5 Å². The maximum atomic E-state index is 12.8. The Morgan fingerprint density at radius 3 is 2.72 bits per heavy atom. The Morgan fingerprint density at radius 2 is 2.08 bits per heavy atom. The summed E-state index contributed by atoms with van der Waals surface area (Å²) in [4.78, 5) is 27.2. The predicted octanol–water partition coefficient (Wildman–Crippen LogP) is 1.11. The van der Waals surface area contributed by atoms with Crippen molar-refractivity contribution in [2.75, 3.05) is 46.9 Å². The monoisotopic (exact) mass is 350 g/mol. The average molecular weight is 350 g/mol. The van der Waals surface area contributed by atoms with Crippen molar-refractivity contribution < 1.29 is 24.2 Å². The van der Waals surface area contributed by atoms with Crippen molar-refractivity contribution >= 4 is 11.9 Å². The summed E-state index contributed by atoms with van der Waals surface area (Å²) >= 11 is 0. The minimum absolute atomic E-state index is 0.184. The van der Waals surface area contributed by atoms with Gasteiger partial charge in [-0.25, -0.2) is 0 Å². The van der Waals surface area contributed by atoms with Crippen molar-refractivity contribution in [3.05, 3.63) is 23.8 Å². The third-order valence-corrected chi connectivity index (χ3v) is 4.06. The van der Waals surface area contributed by atoms with Crippen molar-refractivity contribution in [1.29, 1.82) is 0 Å². The average Bonchev–Trinajstić information content (AvgIpc) is 2.57. The molecule has 0 saturated carbocycles. The van der Waals surface area contributed by atoms with Crippen LogP contribution in [0.1, 0.15) is 12.5 Å². The van der Waals surface area contributed by atoms with Gasteiger partial charge < -0.3 is 24.4 Å². The van der Waals surface area contributed by atoms with Crippen LogP contribution in [0.2, 0.25) is 0 Å². The van der Waals surface area contributed by atoms with Crippen LogP contribution in [0.3, 0.4) is 0 Å². The fraction of sp³-hybridized carbons (Fsp3) is 0.556. The van der Waals surface area contributed by atoms with Gasteiger partial charge >= 0.3 is 5.97 Å². The Labute approximate surface area is 148 Å². The van der Waals surface area contributed by atoms with Gasteiger partial charge in [-0.1, -0.05) is 12.1 Å². The Bertz CT molecular complexity index is 617. The van der Waals surface area contributed by atoms with Crippen LogP contribution in [-0.4, -0.2) is 73.7 Å². The number of carbonyl (C=O) groups is 2. The minimum atomic E-state index is -1.01. The molecule has 0 spiro atoms. The highest BCUT2D eigenvalue weighted by Gasteiger charge is 2.31. The lowest BCUT2D eigenvalue weighted by atomic mass is 9.95. The number of carbonyl (C=O) groups excluding carboxylic acids is 1. The number of rotatable bonds is 8. The summed E-state index contributed by atoms with van der Waals surface area (Å²) in [7, 11) is 3.78. The summed E-state index contributed by atoms with van der Waals surface area (Å²) in [5, 5.41) is 9.09. The zero-order chi connectivity index (χ0) is 18.4. The lowest BCUT2D eigenvalue weighted by Crippen LogP contribution is -2.45. The standard InChI is InChI=1S/C18H26N2O5/c1-4-24-15-7-5-6-13-10-14(12-25-17(13)15)18(23)20(11-16(21)22)9-8-19(2)3/h5-7,14H,4,8-12H2,1-3H3,(H,21,22)/t14-/m1/s1. The van der Waals surface area contributed by atoms with Gasteiger partial charge in [0.25, 0.3) is 0 Å². The van der Waals surface area contributed by atoms with E-state index in [1.54, 1.807) is 0 Å². The zero-order valence-corrected chi connectivity index (χ0v) is 15.0. The molecule has 0 unspecified atom stereocenters. The number of carboxylic acids is 1. The van der Waals surface area contributed by atoms with Crippen LogP contribution in [0.25, 0.3) is 0 Å². The highest BCUT2D eigenvalue weighted by Crippen LogP contribution is 2.36. The Hall–Kier alpha value is -2.28. The summed E-state index contributed by atoms with van der Waals surface area (Å²) in [5.74, 6) is -0.210. The van der Waals surface area contributed by atoms with Crippen molar-refractivity contribution in [3.8, 4) is 11.5 Å².